The summed E-state index contributed by atoms with van der Waals surface area (Å²) in [5.74, 6) is 0.752. The molecule has 15 heavy (non-hydrogen) atoms. The Hall–Kier alpha value is -0.570. The van der Waals surface area contributed by atoms with Crippen LogP contribution >= 0.6 is 0 Å². The number of hydrogen-bond acceptors (Lipinski definition) is 2. The topological polar surface area (TPSA) is 34.1 Å². The summed E-state index contributed by atoms with van der Waals surface area (Å²) in [6.45, 7) is 0. The van der Waals surface area contributed by atoms with Gasteiger partial charge in [-0.05, 0) is 12.8 Å². The third kappa shape index (κ3) is 1.19. The van der Waals surface area contributed by atoms with Crippen molar-refractivity contribution in [3.63, 3.8) is 0 Å². The maximum atomic E-state index is 11.9. The molecule has 2 atom stereocenters. The van der Waals surface area contributed by atoms with Crippen molar-refractivity contribution in [1.82, 2.24) is 0 Å². The summed E-state index contributed by atoms with van der Waals surface area (Å²) in [5, 5.41) is 0. The van der Waals surface area contributed by atoms with Gasteiger partial charge in [-0.3, -0.25) is 0 Å². The molecule has 2 fully saturated rings. The van der Waals surface area contributed by atoms with E-state index in [-0.39, 0.29) is 10.8 Å². The first-order valence-corrected chi connectivity index (χ1v) is 7.47. The molecule has 1 saturated carbocycles. The van der Waals surface area contributed by atoms with Crippen LogP contribution < -0.4 is 0 Å². The molecule has 0 aromatic rings. The minimum atomic E-state index is -2.83. The molecule has 0 spiro atoms. The molecular weight excluding hydrogens is 208 g/mol. The fourth-order valence-corrected chi connectivity index (χ4v) is 6.45. The Labute approximate surface area is 91.0 Å². The summed E-state index contributed by atoms with van der Waals surface area (Å²) < 4.78 is 23.8. The van der Waals surface area contributed by atoms with E-state index in [1.54, 1.807) is 0 Å². The second-order valence-corrected chi connectivity index (χ2v) is 7.33. The summed E-state index contributed by atoms with van der Waals surface area (Å²) in [6.07, 6.45) is 12.8. The van der Waals surface area contributed by atoms with E-state index in [2.05, 4.69) is 12.2 Å². The minimum absolute atomic E-state index is 0.0567. The first-order chi connectivity index (χ1) is 7.08. The van der Waals surface area contributed by atoms with Gasteiger partial charge in [0.15, 0.2) is 9.84 Å². The zero-order valence-corrected chi connectivity index (χ0v) is 9.59. The predicted molar refractivity (Wildman–Crippen MR) is 60.3 cm³/mol. The zero-order valence-electron chi connectivity index (χ0n) is 8.78. The van der Waals surface area contributed by atoms with Gasteiger partial charge in [-0.15, -0.1) is 0 Å². The Morgan fingerprint density at radius 1 is 0.867 bits per heavy atom. The SMILES string of the molecule is O=S1(=O)C[C@]23C=CC=C[C@@]2(CCCC3)C1. The summed E-state index contributed by atoms with van der Waals surface area (Å²) >= 11 is 0. The third-order valence-electron chi connectivity index (χ3n) is 4.38. The highest BCUT2D eigenvalue weighted by Crippen LogP contribution is 2.59. The molecule has 3 heteroatoms. The van der Waals surface area contributed by atoms with Gasteiger partial charge in [-0.25, -0.2) is 8.42 Å². The van der Waals surface area contributed by atoms with Gasteiger partial charge in [-0.1, -0.05) is 37.1 Å². The monoisotopic (exact) mass is 224 g/mol. The van der Waals surface area contributed by atoms with Crippen molar-refractivity contribution in [2.45, 2.75) is 25.7 Å². The summed E-state index contributed by atoms with van der Waals surface area (Å²) in [6, 6.07) is 0. The molecule has 0 bridgehead atoms. The second kappa shape index (κ2) is 2.76. The van der Waals surface area contributed by atoms with Crippen LogP contribution in [-0.4, -0.2) is 19.9 Å². The fourth-order valence-electron chi connectivity index (χ4n) is 3.72. The van der Waals surface area contributed by atoms with E-state index in [4.69, 9.17) is 0 Å². The van der Waals surface area contributed by atoms with E-state index < -0.39 is 9.84 Å². The Balaban J connectivity index is 2.17. The molecule has 0 amide bonds. The maximum Gasteiger partial charge on any atom is 0.152 e. The molecule has 0 N–H and O–H groups in total. The minimum Gasteiger partial charge on any atom is -0.229 e. The quantitative estimate of drug-likeness (QED) is 0.631. The lowest BCUT2D eigenvalue weighted by Crippen LogP contribution is -2.42. The maximum absolute atomic E-state index is 11.9. The lowest BCUT2D eigenvalue weighted by Gasteiger charge is -2.46. The van der Waals surface area contributed by atoms with Gasteiger partial charge in [0.1, 0.15) is 0 Å². The van der Waals surface area contributed by atoms with Gasteiger partial charge in [0, 0.05) is 10.8 Å². The van der Waals surface area contributed by atoms with Crippen molar-refractivity contribution in [2.75, 3.05) is 11.5 Å². The highest BCUT2D eigenvalue weighted by Gasteiger charge is 2.59. The normalized spacial score (nSPS) is 46.1. The first-order valence-electron chi connectivity index (χ1n) is 5.65. The molecule has 2 aliphatic carbocycles. The molecule has 0 radical (unpaired) electrons. The lowest BCUT2D eigenvalue weighted by atomic mass is 9.56. The van der Waals surface area contributed by atoms with Crippen LogP contribution in [0, 0.1) is 10.8 Å². The van der Waals surface area contributed by atoms with Crippen LogP contribution in [0.1, 0.15) is 25.7 Å². The fraction of sp³-hybridized carbons (Fsp3) is 0.667. The first kappa shape index (κ1) is 9.64. The molecular formula is C12H16O2S. The Morgan fingerprint density at radius 2 is 1.33 bits per heavy atom. The smallest absolute Gasteiger partial charge is 0.152 e. The molecule has 82 valence electrons. The van der Waals surface area contributed by atoms with E-state index in [1.807, 2.05) is 12.2 Å². The lowest BCUT2D eigenvalue weighted by molar-refractivity contribution is 0.131. The van der Waals surface area contributed by atoms with E-state index in [0.29, 0.717) is 11.5 Å². The van der Waals surface area contributed by atoms with E-state index in [0.717, 1.165) is 12.8 Å². The van der Waals surface area contributed by atoms with E-state index in [9.17, 15) is 8.42 Å². The molecule has 0 aromatic heterocycles. The highest BCUT2D eigenvalue weighted by molar-refractivity contribution is 7.91. The van der Waals surface area contributed by atoms with Crippen LogP contribution in [0.2, 0.25) is 0 Å². The predicted octanol–water partition coefficient (Wildman–Crippen LogP) is 2.09. The molecule has 1 heterocycles. The van der Waals surface area contributed by atoms with E-state index >= 15 is 0 Å². The van der Waals surface area contributed by atoms with Crippen LogP contribution in [0.5, 0.6) is 0 Å². The number of sulfone groups is 1. The molecule has 1 aliphatic heterocycles. The van der Waals surface area contributed by atoms with Crippen LogP contribution in [0.4, 0.5) is 0 Å². The molecule has 3 rings (SSSR count). The van der Waals surface area contributed by atoms with Crippen molar-refractivity contribution in [2.24, 2.45) is 10.8 Å². The van der Waals surface area contributed by atoms with Crippen molar-refractivity contribution >= 4 is 9.84 Å². The van der Waals surface area contributed by atoms with E-state index in [1.165, 1.54) is 12.8 Å². The molecule has 2 nitrogen and oxygen atoms in total. The number of allylic oxidation sites excluding steroid dienone is 4. The molecule has 3 aliphatic rings. The highest BCUT2D eigenvalue weighted by atomic mass is 32.2. The summed E-state index contributed by atoms with van der Waals surface area (Å²) in [5.41, 5.74) is -0.113. The van der Waals surface area contributed by atoms with Crippen LogP contribution in [0.15, 0.2) is 24.3 Å². The van der Waals surface area contributed by atoms with Crippen molar-refractivity contribution in [1.29, 1.82) is 0 Å². The average Bonchev–Trinajstić information content (AvgIpc) is 2.42. The van der Waals surface area contributed by atoms with Gasteiger partial charge in [0.05, 0.1) is 11.5 Å². The average molecular weight is 224 g/mol. The van der Waals surface area contributed by atoms with Gasteiger partial charge in [0.25, 0.3) is 0 Å². The Kier molecular flexibility index (Phi) is 1.77. The van der Waals surface area contributed by atoms with Gasteiger partial charge in [-0.2, -0.15) is 0 Å². The largest absolute Gasteiger partial charge is 0.229 e. The summed E-state index contributed by atoms with van der Waals surface area (Å²) in [7, 11) is -2.83. The van der Waals surface area contributed by atoms with Crippen LogP contribution in [0.25, 0.3) is 0 Å². The van der Waals surface area contributed by atoms with Crippen LogP contribution in [-0.2, 0) is 9.84 Å². The second-order valence-electron chi connectivity index (χ2n) is 5.27. The number of hydrogen-bond donors (Lipinski definition) is 0. The zero-order chi connectivity index (χ0) is 10.6. The van der Waals surface area contributed by atoms with Gasteiger partial charge in [0.2, 0.25) is 0 Å². The molecule has 0 unspecified atom stereocenters. The summed E-state index contributed by atoms with van der Waals surface area (Å²) in [4.78, 5) is 0. The molecule has 1 saturated heterocycles. The molecule has 0 aromatic carbocycles. The Bertz CT molecular complexity index is 410. The van der Waals surface area contributed by atoms with Gasteiger partial charge < -0.3 is 0 Å². The number of rotatable bonds is 0. The van der Waals surface area contributed by atoms with Gasteiger partial charge >= 0.3 is 0 Å². The van der Waals surface area contributed by atoms with Crippen molar-refractivity contribution in [3.05, 3.63) is 24.3 Å². The third-order valence-corrected chi connectivity index (χ3v) is 6.29. The van der Waals surface area contributed by atoms with Crippen molar-refractivity contribution in [3.8, 4) is 0 Å². The van der Waals surface area contributed by atoms with Crippen molar-refractivity contribution < 1.29 is 8.42 Å². The standard InChI is InChI=1S/C12H16O2S/c13-15(14)9-11-5-1-2-6-12(11,10-15)8-4-3-7-11/h1-2,5-6H,3-4,7-10H2/t11-,12-/m1/s1. The van der Waals surface area contributed by atoms with Crippen LogP contribution in [0.3, 0.4) is 0 Å². The Morgan fingerprint density at radius 3 is 1.80 bits per heavy atom.